The summed E-state index contributed by atoms with van der Waals surface area (Å²) in [5.74, 6) is 0. The maximum atomic E-state index is 9.76. The van der Waals surface area contributed by atoms with Crippen molar-refractivity contribution in [1.82, 2.24) is 0 Å². The van der Waals surface area contributed by atoms with Gasteiger partial charge in [-0.25, -0.2) is 0 Å². The molecule has 0 radical (unpaired) electrons. The van der Waals surface area contributed by atoms with Gasteiger partial charge < -0.3 is 10.2 Å². The van der Waals surface area contributed by atoms with Gasteiger partial charge in [0.2, 0.25) is 0 Å². The van der Waals surface area contributed by atoms with E-state index in [2.05, 4.69) is 15.9 Å². The van der Waals surface area contributed by atoms with Crippen LogP contribution in [0.4, 0.5) is 0 Å². The second kappa shape index (κ2) is 4.91. The maximum Gasteiger partial charge on any atom is 0.106 e. The summed E-state index contributed by atoms with van der Waals surface area (Å²) in [6.07, 6.45) is -1.57. The van der Waals surface area contributed by atoms with Crippen LogP contribution < -0.4 is 0 Å². The van der Waals surface area contributed by atoms with Gasteiger partial charge in [0.05, 0.1) is 6.10 Å². The number of halogens is 1. The molecule has 0 aliphatic carbocycles. The molecule has 2 N–H and O–H groups in total. The zero-order chi connectivity index (χ0) is 10.7. The summed E-state index contributed by atoms with van der Waals surface area (Å²) in [5, 5.41) is 19.6. The number of alkyl halides is 1. The van der Waals surface area contributed by atoms with E-state index in [1.165, 1.54) is 0 Å². The highest BCUT2D eigenvalue weighted by Crippen LogP contribution is 2.20. The summed E-state index contributed by atoms with van der Waals surface area (Å²) in [6, 6.07) is 5.82. The third-order valence-corrected chi connectivity index (χ3v) is 2.77. The van der Waals surface area contributed by atoms with E-state index in [1.54, 1.807) is 0 Å². The minimum atomic E-state index is -0.812. The predicted molar refractivity (Wildman–Crippen MR) is 60.7 cm³/mol. The number of aliphatic hydroxyl groups is 2. The summed E-state index contributed by atoms with van der Waals surface area (Å²) >= 11 is 3.14. The SMILES string of the molecule is Cc1cc(C)cc(C(O)C(O)CBr)c1. The molecule has 3 heteroatoms. The van der Waals surface area contributed by atoms with E-state index in [0.717, 1.165) is 16.7 Å². The molecule has 0 aliphatic rings. The molecule has 0 saturated carbocycles. The zero-order valence-electron chi connectivity index (χ0n) is 8.37. The van der Waals surface area contributed by atoms with Crippen LogP contribution >= 0.6 is 15.9 Å². The first-order valence-corrected chi connectivity index (χ1v) is 5.67. The van der Waals surface area contributed by atoms with Crippen LogP contribution in [-0.2, 0) is 0 Å². The van der Waals surface area contributed by atoms with Crippen molar-refractivity contribution in [2.24, 2.45) is 0 Å². The van der Waals surface area contributed by atoms with E-state index in [9.17, 15) is 10.2 Å². The molecule has 14 heavy (non-hydrogen) atoms. The van der Waals surface area contributed by atoms with Crippen molar-refractivity contribution < 1.29 is 10.2 Å². The number of hydrogen-bond donors (Lipinski definition) is 2. The Bertz CT molecular complexity index is 292. The van der Waals surface area contributed by atoms with Gasteiger partial charge in [-0.1, -0.05) is 45.3 Å². The Hall–Kier alpha value is -0.380. The van der Waals surface area contributed by atoms with E-state index in [0.29, 0.717) is 5.33 Å². The van der Waals surface area contributed by atoms with Crippen LogP contribution in [0.3, 0.4) is 0 Å². The topological polar surface area (TPSA) is 40.5 Å². The van der Waals surface area contributed by atoms with Crippen molar-refractivity contribution >= 4 is 15.9 Å². The molecular weight excluding hydrogens is 244 g/mol. The number of aliphatic hydroxyl groups excluding tert-OH is 2. The van der Waals surface area contributed by atoms with Crippen LogP contribution in [0.25, 0.3) is 0 Å². The van der Waals surface area contributed by atoms with Crippen molar-refractivity contribution in [2.75, 3.05) is 5.33 Å². The van der Waals surface area contributed by atoms with Crippen molar-refractivity contribution in [3.05, 3.63) is 34.9 Å². The summed E-state index contributed by atoms with van der Waals surface area (Å²) in [6.45, 7) is 3.95. The van der Waals surface area contributed by atoms with Crippen molar-refractivity contribution in [3.63, 3.8) is 0 Å². The highest BCUT2D eigenvalue weighted by atomic mass is 79.9. The molecule has 1 rings (SSSR count). The van der Waals surface area contributed by atoms with E-state index in [-0.39, 0.29) is 0 Å². The Balaban J connectivity index is 2.94. The van der Waals surface area contributed by atoms with Gasteiger partial charge in [0.25, 0.3) is 0 Å². The lowest BCUT2D eigenvalue weighted by Crippen LogP contribution is -2.19. The maximum absolute atomic E-state index is 9.76. The molecule has 2 nitrogen and oxygen atoms in total. The van der Waals surface area contributed by atoms with Crippen molar-refractivity contribution in [2.45, 2.75) is 26.1 Å². The largest absolute Gasteiger partial charge is 0.389 e. The van der Waals surface area contributed by atoms with Gasteiger partial charge in [-0.05, 0) is 19.4 Å². The lowest BCUT2D eigenvalue weighted by molar-refractivity contribution is 0.0342. The van der Waals surface area contributed by atoms with Crippen LogP contribution in [-0.4, -0.2) is 21.6 Å². The van der Waals surface area contributed by atoms with Crippen LogP contribution in [0.5, 0.6) is 0 Å². The van der Waals surface area contributed by atoms with Crippen LogP contribution in [0.1, 0.15) is 22.8 Å². The third-order valence-electron chi connectivity index (χ3n) is 2.11. The van der Waals surface area contributed by atoms with E-state index in [1.807, 2.05) is 32.0 Å². The fourth-order valence-electron chi connectivity index (χ4n) is 1.49. The van der Waals surface area contributed by atoms with Gasteiger partial charge in [0.1, 0.15) is 6.10 Å². The van der Waals surface area contributed by atoms with Crippen LogP contribution in [0.2, 0.25) is 0 Å². The fraction of sp³-hybridized carbons (Fsp3) is 0.455. The van der Waals surface area contributed by atoms with Crippen molar-refractivity contribution in [3.8, 4) is 0 Å². The van der Waals surface area contributed by atoms with Gasteiger partial charge in [-0.15, -0.1) is 0 Å². The molecule has 0 heterocycles. The van der Waals surface area contributed by atoms with Crippen LogP contribution in [0.15, 0.2) is 18.2 Å². The molecule has 2 unspecified atom stereocenters. The molecule has 0 aromatic heterocycles. The Morgan fingerprint density at radius 1 is 1.14 bits per heavy atom. The number of rotatable bonds is 3. The highest BCUT2D eigenvalue weighted by Gasteiger charge is 2.17. The number of hydrogen-bond acceptors (Lipinski definition) is 2. The van der Waals surface area contributed by atoms with E-state index in [4.69, 9.17) is 0 Å². The average molecular weight is 259 g/mol. The molecule has 0 saturated heterocycles. The monoisotopic (exact) mass is 258 g/mol. The molecular formula is C11H15BrO2. The Morgan fingerprint density at radius 3 is 2.07 bits per heavy atom. The average Bonchev–Trinajstić information content (AvgIpc) is 2.14. The molecule has 78 valence electrons. The molecule has 0 bridgehead atoms. The van der Waals surface area contributed by atoms with Crippen molar-refractivity contribution in [1.29, 1.82) is 0 Å². The smallest absolute Gasteiger partial charge is 0.106 e. The summed E-state index contributed by atoms with van der Waals surface area (Å²) in [4.78, 5) is 0. The Morgan fingerprint density at radius 2 is 1.64 bits per heavy atom. The molecule has 1 aromatic carbocycles. The summed E-state index contributed by atoms with van der Waals surface area (Å²) in [5.41, 5.74) is 2.97. The van der Waals surface area contributed by atoms with Gasteiger partial charge >= 0.3 is 0 Å². The first kappa shape index (κ1) is 11.7. The second-order valence-electron chi connectivity index (χ2n) is 3.59. The number of aryl methyl sites for hydroxylation is 2. The quantitative estimate of drug-likeness (QED) is 0.816. The molecule has 0 spiro atoms. The zero-order valence-corrected chi connectivity index (χ0v) is 9.95. The second-order valence-corrected chi connectivity index (χ2v) is 4.24. The third kappa shape index (κ3) is 2.80. The Labute approximate surface area is 92.7 Å². The molecule has 1 aromatic rings. The van der Waals surface area contributed by atoms with Gasteiger partial charge in [0, 0.05) is 5.33 Å². The summed E-state index contributed by atoms with van der Waals surface area (Å²) < 4.78 is 0. The first-order chi connectivity index (χ1) is 6.54. The van der Waals surface area contributed by atoms with Gasteiger partial charge in [-0.3, -0.25) is 0 Å². The lowest BCUT2D eigenvalue weighted by Gasteiger charge is -2.16. The first-order valence-electron chi connectivity index (χ1n) is 4.55. The normalized spacial score (nSPS) is 15.2. The molecule has 0 aliphatic heterocycles. The molecule has 2 atom stereocenters. The molecule has 0 amide bonds. The minimum absolute atomic E-state index is 0.376. The summed E-state index contributed by atoms with van der Waals surface area (Å²) in [7, 11) is 0. The van der Waals surface area contributed by atoms with Gasteiger partial charge in [-0.2, -0.15) is 0 Å². The fourth-order valence-corrected chi connectivity index (χ4v) is 1.84. The number of benzene rings is 1. The minimum Gasteiger partial charge on any atom is -0.389 e. The van der Waals surface area contributed by atoms with E-state index < -0.39 is 12.2 Å². The highest BCUT2D eigenvalue weighted by molar-refractivity contribution is 9.09. The Kier molecular flexibility index (Phi) is 4.11. The predicted octanol–water partition coefficient (Wildman–Crippen LogP) is 2.09. The standard InChI is InChI=1S/C11H15BrO2/c1-7-3-8(2)5-9(4-7)11(14)10(13)6-12/h3-5,10-11,13-14H,6H2,1-2H3. The van der Waals surface area contributed by atoms with Crippen LogP contribution in [0, 0.1) is 13.8 Å². The van der Waals surface area contributed by atoms with Gasteiger partial charge in [0.15, 0.2) is 0 Å². The lowest BCUT2D eigenvalue weighted by atomic mass is 10.0. The molecule has 0 fully saturated rings. The van der Waals surface area contributed by atoms with E-state index >= 15 is 0 Å².